The second-order valence-electron chi connectivity index (χ2n) is 24.4. The van der Waals surface area contributed by atoms with Gasteiger partial charge in [0.2, 0.25) is 11.8 Å². The zero-order chi connectivity index (χ0) is 94.8. The van der Waals surface area contributed by atoms with Crippen LogP contribution in [0.1, 0.15) is 108 Å². The van der Waals surface area contributed by atoms with Crippen LogP contribution in [0.3, 0.4) is 0 Å². The third kappa shape index (κ3) is 19.2. The maximum atomic E-state index is 15.3. The molecule has 0 bridgehead atoms. The molecule has 106 heavy (non-hydrogen) atoms. The molecule has 24 heteroatoms. The van der Waals surface area contributed by atoms with Gasteiger partial charge in [-0.3, -0.25) is 19.2 Å². The van der Waals surface area contributed by atoms with E-state index in [1.165, 1.54) is 49.3 Å². The minimum atomic E-state index is -5.41. The molecule has 2 aromatic heterocycles. The Kier molecular flexibility index (Phi) is 17.8. The van der Waals surface area contributed by atoms with E-state index in [-0.39, 0.29) is 67.9 Å². The molecule has 2 saturated heterocycles. The molecule has 0 spiro atoms. The van der Waals surface area contributed by atoms with E-state index in [0.29, 0.717) is 75.2 Å². The molecule has 0 N–H and O–H groups in total. The van der Waals surface area contributed by atoms with Gasteiger partial charge in [0.1, 0.15) is 13.1 Å². The van der Waals surface area contributed by atoms with Gasteiger partial charge in [-0.2, -0.15) is 26.3 Å². The smallest absolute Gasteiger partial charge is 0.383 e. The number of hydrogen-bond donors (Lipinski definition) is 0. The number of piperidine rings is 2. The topological polar surface area (TPSA) is 110 Å². The van der Waals surface area contributed by atoms with Gasteiger partial charge in [-0.1, -0.05) is 121 Å². The highest BCUT2D eigenvalue weighted by atomic mass is 32.2. The fourth-order valence-electron chi connectivity index (χ4n) is 12.0. The normalized spacial score (nSPS) is 18.1. The average molecular weight is 1520 g/mol. The number of ether oxygens (including phenoxy) is 2. The number of benzene rings is 8. The van der Waals surface area contributed by atoms with Gasteiger partial charge in [0.05, 0.1) is 81.5 Å². The predicted octanol–water partition coefficient (Wildman–Crippen LogP) is 17.7. The van der Waals surface area contributed by atoms with Crippen LogP contribution >= 0.6 is 23.5 Å². The molecule has 2 amide bonds. The number of methoxy groups -OCH3 is 2. The Labute approximate surface area is 647 Å². The Morgan fingerprint density at radius 3 is 1.75 bits per heavy atom. The molecule has 1 unspecified atom stereocenters. The van der Waals surface area contributed by atoms with Crippen LogP contribution in [0.15, 0.2) is 207 Å². The Balaban J connectivity index is 0.000000256. The number of carbonyl (C=O) groups is 2. The number of carbonyl (C=O) groups excluding carboxylic acids is 2. The molecule has 12 rings (SSSR count). The molecule has 1 atom stereocenters. The van der Waals surface area contributed by atoms with Crippen molar-refractivity contribution >= 4 is 57.1 Å². The summed E-state index contributed by atoms with van der Waals surface area (Å²) in [5, 5.41) is -0.639. The second kappa shape index (κ2) is 35.1. The molecule has 12 nitrogen and oxygen atoms in total. The first kappa shape index (κ1) is 53.7. The first-order valence-corrected chi connectivity index (χ1v) is 34.8. The van der Waals surface area contributed by atoms with Crippen LogP contribution in [-0.4, -0.2) is 119 Å². The molecule has 556 valence electrons. The SMILES string of the molecule is [2H]C([2H])(CN1CCC(N(C(=O)Cn2c(SCc3cccc(F)c3F)cc(=O)c3ccccc32)C([2H])(C)c2ccc(-c3ccc(C(F)(F)F)cc3)cc2)CC1)OC.[2H]c1c([2H])c(F)c(F)c(CSc2c([2H])c(=O)c3c([2H])c(C)c([2H])c([2H])c3n2CC(=O)N(C2CCN(CC([2H])([2H])OC)CC2)C([2H])([2H])c2c([2H])c([2H])c(-c3c([2H])c([2H])c(C(F)(F)F)c([2H])c3[2H])c([2H])c2[2H])c1[2H]. The summed E-state index contributed by atoms with van der Waals surface area (Å²) in [6.07, 6.45) is -9.49. The largest absolute Gasteiger partial charge is 0.416 e. The monoisotopic (exact) mass is 1520 g/mol. The lowest BCUT2D eigenvalue weighted by molar-refractivity contribution is -0.138. The third-order valence-electron chi connectivity index (χ3n) is 17.5. The highest BCUT2D eigenvalue weighted by Crippen LogP contribution is 2.37. The zero-order valence-corrected chi connectivity index (χ0v) is 58.7. The number of rotatable bonds is 24. The van der Waals surface area contributed by atoms with Gasteiger partial charge in [0.15, 0.2) is 34.1 Å². The van der Waals surface area contributed by atoms with Crippen LogP contribution in [-0.2, 0) is 62.5 Å². The van der Waals surface area contributed by atoms with Gasteiger partial charge >= 0.3 is 12.4 Å². The number of likely N-dealkylation sites (tertiary alicyclic amines) is 2. The van der Waals surface area contributed by atoms with Crippen molar-refractivity contribution in [2.75, 3.05) is 66.6 Å². The molecule has 2 aliphatic rings. The van der Waals surface area contributed by atoms with E-state index < -0.39 is 243 Å². The van der Waals surface area contributed by atoms with Crippen molar-refractivity contribution in [1.29, 1.82) is 0 Å². The molecule has 4 heterocycles. The number of hydrogen-bond acceptors (Lipinski definition) is 10. The molecular formula is C82H80F10N6O6S2. The highest BCUT2D eigenvalue weighted by molar-refractivity contribution is 7.98. The van der Waals surface area contributed by atoms with Crippen LogP contribution in [0.5, 0.6) is 0 Å². The standard InChI is InChI=1S/2C41H40F5N3O3S/c1-27(28-10-12-29(13-11-28)30-14-16-32(17-15-30)41(44,45)46)49(33-18-20-47(21-19-33)22-23-52-2)38(51)25-48-36-9-4-3-7-34(36)37(50)24-39(48)53-26-31-6-5-8-35(42)40(31)43;1-27-6-15-36-34(22-27)37(50)23-39(53-26-31-4-3-5-35(42)40(31)43)49(36)25-38(51)48(33-16-18-47(19-17-33)20-21-52-2)24-28-7-9-29(10-8-28)30-11-13-32(14-12-30)41(44,45)46/h3-17,24,27,33H,18-23,25-26H2,1-2H3;3-15,22-23,33H,16-21,24-26H2,1-2H3/i23D2,27D;3D,4D,5D,6D,7D,8D,9D,10D,11D,12D,13D,14D,15D,21D2,22D,23D,24D2. The maximum Gasteiger partial charge on any atom is 0.416 e. The maximum absolute atomic E-state index is 15.3. The summed E-state index contributed by atoms with van der Waals surface area (Å²) in [6.45, 7) is -5.96. The van der Waals surface area contributed by atoms with E-state index in [9.17, 15) is 58.0 Å². The van der Waals surface area contributed by atoms with E-state index in [1.54, 1.807) is 64.9 Å². The van der Waals surface area contributed by atoms with E-state index in [0.717, 1.165) is 41.6 Å². The van der Waals surface area contributed by atoms with Gasteiger partial charge in [0.25, 0.3) is 0 Å². The number of halogens is 10. The molecule has 2 aliphatic heterocycles. The lowest BCUT2D eigenvalue weighted by Crippen LogP contribution is -2.49. The van der Waals surface area contributed by atoms with E-state index in [1.807, 2.05) is 4.90 Å². The van der Waals surface area contributed by atoms with Crippen molar-refractivity contribution in [3.63, 3.8) is 0 Å². The predicted molar refractivity (Wildman–Crippen MR) is 395 cm³/mol. The Bertz CT molecular complexity index is 6040. The number of pyridine rings is 2. The first-order valence-electron chi connectivity index (χ1n) is 43.8. The number of alkyl halides is 6. The number of fused-ring (bicyclic) bond motifs is 2. The summed E-state index contributed by atoms with van der Waals surface area (Å²) in [5.41, 5.74) is -7.24. The lowest BCUT2D eigenvalue weighted by Gasteiger charge is -2.42. The van der Waals surface area contributed by atoms with Gasteiger partial charge in [-0.05, 0) is 133 Å². The van der Waals surface area contributed by atoms with Gasteiger partial charge in [-0.15, -0.1) is 23.5 Å². The summed E-state index contributed by atoms with van der Waals surface area (Å²) in [6, 6.07) is 2.38. The summed E-state index contributed by atoms with van der Waals surface area (Å²) in [4.78, 5) is 62.8. The first-order chi connectivity index (χ1) is 59.6. The van der Waals surface area contributed by atoms with Crippen molar-refractivity contribution < 1.29 is 93.1 Å². The second-order valence-corrected chi connectivity index (χ2v) is 26.3. The molecule has 0 saturated carbocycles. The van der Waals surface area contributed by atoms with Crippen LogP contribution < -0.4 is 10.9 Å². The fourth-order valence-corrected chi connectivity index (χ4v) is 14.0. The number of nitrogens with zero attached hydrogens (tertiary/aromatic N) is 6. The lowest BCUT2D eigenvalue weighted by atomic mass is 9.96. The third-order valence-corrected chi connectivity index (χ3v) is 19.6. The molecule has 0 aliphatic carbocycles. The number of amides is 2. The van der Waals surface area contributed by atoms with Crippen molar-refractivity contribution in [1.82, 2.24) is 28.7 Å². The zero-order valence-electron chi connectivity index (χ0n) is 79.0. The molecule has 10 aromatic rings. The number of thioether (sulfide) groups is 2. The number of aromatic nitrogens is 2. The molecule has 2 fully saturated rings. The van der Waals surface area contributed by atoms with Crippen molar-refractivity contribution in [3.8, 4) is 22.3 Å². The molecule has 0 radical (unpaired) electrons. The van der Waals surface area contributed by atoms with Crippen molar-refractivity contribution in [2.24, 2.45) is 0 Å². The summed E-state index contributed by atoms with van der Waals surface area (Å²) in [7, 11) is 2.41. The number of para-hydroxylation sites is 1. The fraction of sp³-hybridized carbons (Fsp3) is 0.317. The van der Waals surface area contributed by atoms with Crippen LogP contribution in [0.25, 0.3) is 44.1 Å². The quantitative estimate of drug-likeness (QED) is 0.0428. The summed E-state index contributed by atoms with van der Waals surface area (Å²) < 4.78 is 341. The van der Waals surface area contributed by atoms with E-state index >= 15 is 9.18 Å². The van der Waals surface area contributed by atoms with Gasteiger partial charge in [0, 0.05) is 118 Å². The Hall–Kier alpha value is -9.04. The van der Waals surface area contributed by atoms with Crippen LogP contribution in [0.4, 0.5) is 43.9 Å². The summed E-state index contributed by atoms with van der Waals surface area (Å²) >= 11 is 1.37. The molecular weight excluding hydrogens is 1420 g/mol. The van der Waals surface area contributed by atoms with E-state index in [2.05, 4.69) is 0 Å². The van der Waals surface area contributed by atoms with Crippen LogP contribution in [0.2, 0.25) is 0 Å². The van der Waals surface area contributed by atoms with Gasteiger partial charge < -0.3 is 38.2 Å². The highest BCUT2D eigenvalue weighted by Gasteiger charge is 2.35. The Morgan fingerprint density at radius 1 is 0.575 bits per heavy atom. The van der Waals surface area contributed by atoms with E-state index in [4.69, 9.17) is 35.5 Å². The average Bonchev–Trinajstić information content (AvgIpc) is 0.766. The molecule has 8 aromatic carbocycles. The minimum Gasteiger partial charge on any atom is -0.383 e. The summed E-state index contributed by atoms with van der Waals surface area (Å²) in [5.74, 6) is -8.31. The van der Waals surface area contributed by atoms with Gasteiger partial charge in [-0.25, -0.2) is 17.6 Å². The van der Waals surface area contributed by atoms with Crippen LogP contribution in [0, 0.1) is 30.2 Å². The minimum absolute atomic E-state index is 0.0175. The van der Waals surface area contributed by atoms with Crippen molar-refractivity contribution in [3.05, 3.63) is 270 Å². The Morgan fingerprint density at radius 2 is 1.13 bits per heavy atom. The van der Waals surface area contributed by atoms with Crippen molar-refractivity contribution in [2.45, 2.75) is 111 Å².